The lowest BCUT2D eigenvalue weighted by atomic mass is 10.0. The fraction of sp³-hybridized carbons (Fsp3) is 0.500. The predicted molar refractivity (Wildman–Crippen MR) is 135 cm³/mol. The Morgan fingerprint density at radius 2 is 1.57 bits per heavy atom. The summed E-state index contributed by atoms with van der Waals surface area (Å²) in [5, 5.41) is 1.28. The van der Waals surface area contributed by atoms with Crippen LogP contribution in [0.5, 0.6) is 17.2 Å². The van der Waals surface area contributed by atoms with Crippen molar-refractivity contribution in [3.8, 4) is 17.2 Å². The normalized spacial score (nSPS) is 18.1. The number of hydrogen-bond acceptors (Lipinski definition) is 6. The largest absolute Gasteiger partial charge is 0.497 e. The van der Waals surface area contributed by atoms with Gasteiger partial charge in [-0.3, -0.25) is 4.90 Å². The molecule has 0 N–H and O–H groups in total. The second-order valence-electron chi connectivity index (χ2n) is 9.35. The second kappa shape index (κ2) is 10.9. The Balaban J connectivity index is 1.23. The lowest BCUT2D eigenvalue weighted by Crippen LogP contribution is -2.49. The van der Waals surface area contributed by atoms with Crippen LogP contribution in [0.1, 0.15) is 31.2 Å². The molecule has 2 aromatic carbocycles. The molecule has 1 spiro atoms. The summed E-state index contributed by atoms with van der Waals surface area (Å²) in [7, 11) is 3.39. The molecule has 2 aliphatic heterocycles. The number of aromatic nitrogens is 1. The van der Waals surface area contributed by atoms with Gasteiger partial charge in [-0.15, -0.1) is 0 Å². The second-order valence-corrected chi connectivity index (χ2v) is 9.35. The number of piperidine rings is 1. The Morgan fingerprint density at radius 1 is 0.886 bits per heavy atom. The highest BCUT2D eigenvalue weighted by Crippen LogP contribution is 2.33. The Labute approximate surface area is 207 Å². The van der Waals surface area contributed by atoms with E-state index in [1.165, 1.54) is 16.5 Å². The molecule has 0 amide bonds. The lowest BCUT2D eigenvalue weighted by molar-refractivity contribution is -0.284. The van der Waals surface area contributed by atoms with E-state index in [0.29, 0.717) is 6.61 Å². The number of nitrogens with zero attached hydrogens (tertiary/aromatic N) is 2. The summed E-state index contributed by atoms with van der Waals surface area (Å²) in [6.07, 6.45) is 6.08. The quantitative estimate of drug-likeness (QED) is 0.408. The Kier molecular flexibility index (Phi) is 7.46. The number of ether oxygens (including phenoxy) is 5. The van der Waals surface area contributed by atoms with Gasteiger partial charge in [0.05, 0.1) is 39.6 Å². The third-order valence-electron chi connectivity index (χ3n) is 7.07. The van der Waals surface area contributed by atoms with Crippen LogP contribution in [-0.4, -0.2) is 62.4 Å². The highest BCUT2D eigenvalue weighted by atomic mass is 16.7. The van der Waals surface area contributed by atoms with Gasteiger partial charge in [-0.25, -0.2) is 0 Å². The van der Waals surface area contributed by atoms with Crippen LogP contribution in [-0.2, 0) is 22.6 Å². The first-order valence-corrected chi connectivity index (χ1v) is 12.6. The van der Waals surface area contributed by atoms with Crippen molar-refractivity contribution in [3.05, 3.63) is 54.2 Å². The summed E-state index contributed by atoms with van der Waals surface area (Å²) in [5.41, 5.74) is 2.55. The molecule has 7 heteroatoms. The fourth-order valence-corrected chi connectivity index (χ4v) is 5.08. The number of aryl methyl sites for hydroxylation is 1. The standard InChI is InChI=1S/C28H36N2O5/c1-31-23-5-7-24(8-6-23)33-16-3-13-30-21-22(26-10-9-25(32-2)19-27(26)30)20-29-14-11-28(12-15-29)34-17-4-18-35-28/h5-10,19,21H,3-4,11-18,20H2,1-2H3. The van der Waals surface area contributed by atoms with Crippen LogP contribution in [0.4, 0.5) is 0 Å². The summed E-state index contributed by atoms with van der Waals surface area (Å²) in [4.78, 5) is 2.52. The number of benzene rings is 2. The molecule has 0 saturated carbocycles. The molecule has 0 aliphatic carbocycles. The maximum absolute atomic E-state index is 6.02. The van der Waals surface area contributed by atoms with E-state index in [4.69, 9.17) is 23.7 Å². The van der Waals surface area contributed by atoms with Crippen molar-refractivity contribution in [2.24, 2.45) is 0 Å². The molecule has 7 nitrogen and oxygen atoms in total. The van der Waals surface area contributed by atoms with E-state index < -0.39 is 0 Å². The van der Waals surface area contributed by atoms with E-state index in [2.05, 4.69) is 33.9 Å². The number of fused-ring (bicyclic) bond motifs is 1. The molecule has 2 saturated heterocycles. The number of likely N-dealkylation sites (tertiary alicyclic amines) is 1. The fourth-order valence-electron chi connectivity index (χ4n) is 5.08. The van der Waals surface area contributed by atoms with Crippen molar-refractivity contribution in [2.45, 2.75) is 44.6 Å². The minimum absolute atomic E-state index is 0.347. The highest BCUT2D eigenvalue weighted by molar-refractivity contribution is 5.85. The van der Waals surface area contributed by atoms with Crippen LogP contribution in [0.25, 0.3) is 10.9 Å². The van der Waals surface area contributed by atoms with Crippen LogP contribution in [0.3, 0.4) is 0 Å². The third-order valence-corrected chi connectivity index (χ3v) is 7.07. The molecule has 0 radical (unpaired) electrons. The van der Waals surface area contributed by atoms with Gasteiger partial charge in [0.1, 0.15) is 17.2 Å². The average molecular weight is 481 g/mol. The van der Waals surface area contributed by atoms with Crippen LogP contribution in [0.2, 0.25) is 0 Å². The Hall–Kier alpha value is -2.74. The summed E-state index contributed by atoms with van der Waals surface area (Å²) in [6.45, 7) is 6.06. The van der Waals surface area contributed by atoms with Crippen molar-refractivity contribution < 1.29 is 23.7 Å². The topological polar surface area (TPSA) is 54.3 Å². The van der Waals surface area contributed by atoms with E-state index in [1.54, 1.807) is 14.2 Å². The van der Waals surface area contributed by atoms with Crippen molar-refractivity contribution in [3.63, 3.8) is 0 Å². The van der Waals surface area contributed by atoms with E-state index in [9.17, 15) is 0 Å². The first-order chi connectivity index (χ1) is 17.2. The lowest BCUT2D eigenvalue weighted by Gasteiger charge is -2.43. The minimum atomic E-state index is -0.347. The summed E-state index contributed by atoms with van der Waals surface area (Å²) in [5.74, 6) is 2.23. The van der Waals surface area contributed by atoms with Gasteiger partial charge in [0, 0.05) is 56.7 Å². The zero-order chi connectivity index (χ0) is 24.1. The monoisotopic (exact) mass is 480 g/mol. The molecule has 188 valence electrons. The molecule has 0 atom stereocenters. The highest BCUT2D eigenvalue weighted by Gasteiger charge is 2.38. The van der Waals surface area contributed by atoms with Gasteiger partial charge in [-0.2, -0.15) is 0 Å². The maximum atomic E-state index is 6.02. The molecule has 3 aromatic rings. The molecule has 0 bridgehead atoms. The SMILES string of the molecule is COc1ccc(OCCCn2cc(CN3CCC4(CC3)OCCCO4)c3ccc(OC)cc32)cc1. The summed E-state index contributed by atoms with van der Waals surface area (Å²) >= 11 is 0. The Morgan fingerprint density at radius 3 is 2.29 bits per heavy atom. The average Bonchev–Trinajstić information content (AvgIpc) is 3.25. The molecule has 0 unspecified atom stereocenters. The summed E-state index contributed by atoms with van der Waals surface area (Å²) in [6, 6.07) is 14.1. The zero-order valence-corrected chi connectivity index (χ0v) is 20.8. The zero-order valence-electron chi connectivity index (χ0n) is 20.8. The first-order valence-electron chi connectivity index (χ1n) is 12.6. The van der Waals surface area contributed by atoms with Gasteiger partial charge in [0.25, 0.3) is 0 Å². The molecule has 35 heavy (non-hydrogen) atoms. The third kappa shape index (κ3) is 5.58. The minimum Gasteiger partial charge on any atom is -0.497 e. The van der Waals surface area contributed by atoms with Crippen LogP contribution >= 0.6 is 0 Å². The van der Waals surface area contributed by atoms with Gasteiger partial charge in [-0.05, 0) is 54.8 Å². The van der Waals surface area contributed by atoms with Gasteiger partial charge < -0.3 is 28.3 Å². The van der Waals surface area contributed by atoms with Crippen molar-refractivity contribution in [1.82, 2.24) is 9.47 Å². The van der Waals surface area contributed by atoms with E-state index in [1.807, 2.05) is 24.3 Å². The van der Waals surface area contributed by atoms with Crippen molar-refractivity contribution in [1.29, 1.82) is 0 Å². The maximum Gasteiger partial charge on any atom is 0.170 e. The molecule has 5 rings (SSSR count). The first kappa shape index (κ1) is 24.0. The van der Waals surface area contributed by atoms with Gasteiger partial charge in [0.2, 0.25) is 0 Å². The van der Waals surface area contributed by atoms with Crippen molar-refractivity contribution >= 4 is 10.9 Å². The van der Waals surface area contributed by atoms with Gasteiger partial charge in [0.15, 0.2) is 5.79 Å². The molecule has 1 aromatic heterocycles. The molecule has 2 fully saturated rings. The molecule has 3 heterocycles. The van der Waals surface area contributed by atoms with Gasteiger partial charge in [-0.1, -0.05) is 0 Å². The van der Waals surface area contributed by atoms with E-state index in [0.717, 1.165) is 82.3 Å². The van der Waals surface area contributed by atoms with E-state index in [-0.39, 0.29) is 5.79 Å². The van der Waals surface area contributed by atoms with Crippen molar-refractivity contribution in [2.75, 3.05) is 47.1 Å². The van der Waals surface area contributed by atoms with Crippen LogP contribution in [0, 0.1) is 0 Å². The Bertz CT molecular complexity index is 1090. The van der Waals surface area contributed by atoms with Crippen LogP contribution in [0.15, 0.2) is 48.7 Å². The van der Waals surface area contributed by atoms with E-state index >= 15 is 0 Å². The van der Waals surface area contributed by atoms with Gasteiger partial charge >= 0.3 is 0 Å². The number of methoxy groups -OCH3 is 2. The van der Waals surface area contributed by atoms with Crippen LogP contribution < -0.4 is 14.2 Å². The summed E-state index contributed by atoms with van der Waals surface area (Å²) < 4.78 is 31.0. The molecular weight excluding hydrogens is 444 g/mol. The number of rotatable bonds is 9. The number of hydrogen-bond donors (Lipinski definition) is 0. The smallest absolute Gasteiger partial charge is 0.170 e. The molecule has 2 aliphatic rings. The predicted octanol–water partition coefficient (Wildman–Crippen LogP) is 4.86. The molecular formula is C28H36N2O5.